The van der Waals surface area contributed by atoms with Gasteiger partial charge in [0, 0.05) is 11.3 Å². The molecule has 110 valence electrons. The van der Waals surface area contributed by atoms with E-state index >= 15 is 0 Å². The van der Waals surface area contributed by atoms with E-state index in [1.807, 2.05) is 0 Å². The summed E-state index contributed by atoms with van der Waals surface area (Å²) >= 11 is 0. The maximum absolute atomic E-state index is 12.6. The van der Waals surface area contributed by atoms with Crippen molar-refractivity contribution < 1.29 is 23.1 Å². The Hall–Kier alpha value is -2.70. The molecule has 0 atom stereocenters. The zero-order valence-corrected chi connectivity index (χ0v) is 10.6. The number of halogens is 3. The minimum absolute atomic E-state index is 0.00568. The Bertz CT molecular complexity index is 684. The standard InChI is InChI=1S/C14H11F3N2O2/c15-14(16,17)9-2-1-3-10(7-9)19-13(21)8-4-5-11(18)12(20)6-8/h1-7,20H,18H2,(H,19,21). The van der Waals surface area contributed by atoms with Crippen molar-refractivity contribution in [2.75, 3.05) is 11.1 Å². The van der Waals surface area contributed by atoms with E-state index < -0.39 is 17.6 Å². The molecule has 0 aromatic heterocycles. The van der Waals surface area contributed by atoms with Crippen LogP contribution in [0.15, 0.2) is 42.5 Å². The lowest BCUT2D eigenvalue weighted by molar-refractivity contribution is -0.137. The molecule has 0 fully saturated rings. The van der Waals surface area contributed by atoms with E-state index in [9.17, 15) is 23.1 Å². The van der Waals surface area contributed by atoms with Crippen LogP contribution in [0.4, 0.5) is 24.5 Å². The molecule has 0 bridgehead atoms. The van der Waals surface area contributed by atoms with Crippen molar-refractivity contribution >= 4 is 17.3 Å². The second-order valence-corrected chi connectivity index (χ2v) is 4.31. The Kier molecular flexibility index (Phi) is 3.75. The number of amides is 1. The first-order valence-electron chi connectivity index (χ1n) is 5.84. The lowest BCUT2D eigenvalue weighted by Crippen LogP contribution is -2.13. The summed E-state index contributed by atoms with van der Waals surface area (Å²) in [5, 5.41) is 11.7. The largest absolute Gasteiger partial charge is 0.506 e. The monoisotopic (exact) mass is 296 g/mol. The number of benzene rings is 2. The highest BCUT2D eigenvalue weighted by Gasteiger charge is 2.30. The van der Waals surface area contributed by atoms with Gasteiger partial charge in [-0.1, -0.05) is 6.07 Å². The van der Waals surface area contributed by atoms with E-state index in [4.69, 9.17) is 5.73 Å². The SMILES string of the molecule is Nc1ccc(C(=O)Nc2cccc(C(F)(F)F)c2)cc1O. The van der Waals surface area contributed by atoms with E-state index in [0.29, 0.717) is 0 Å². The number of phenolic OH excluding ortho intramolecular Hbond substituents is 1. The van der Waals surface area contributed by atoms with Crippen LogP contribution in [0.2, 0.25) is 0 Å². The number of carbonyl (C=O) groups excluding carboxylic acids is 1. The molecule has 0 radical (unpaired) electrons. The summed E-state index contributed by atoms with van der Waals surface area (Å²) < 4.78 is 37.7. The van der Waals surface area contributed by atoms with Gasteiger partial charge >= 0.3 is 6.18 Å². The summed E-state index contributed by atoms with van der Waals surface area (Å²) in [4.78, 5) is 11.9. The van der Waals surface area contributed by atoms with Crippen LogP contribution in [0.5, 0.6) is 5.75 Å². The fourth-order valence-electron chi connectivity index (χ4n) is 1.66. The predicted octanol–water partition coefficient (Wildman–Crippen LogP) is 3.25. The van der Waals surface area contributed by atoms with Gasteiger partial charge in [-0.15, -0.1) is 0 Å². The Balaban J connectivity index is 2.21. The predicted molar refractivity (Wildman–Crippen MR) is 71.9 cm³/mol. The normalized spacial score (nSPS) is 11.2. The number of phenols is 1. The van der Waals surface area contributed by atoms with E-state index in [0.717, 1.165) is 18.2 Å². The van der Waals surface area contributed by atoms with E-state index in [1.165, 1.54) is 24.3 Å². The molecular weight excluding hydrogens is 285 g/mol. The fraction of sp³-hybridized carbons (Fsp3) is 0.0714. The molecule has 1 amide bonds. The number of aromatic hydroxyl groups is 1. The second kappa shape index (κ2) is 5.35. The van der Waals surface area contributed by atoms with Crippen molar-refractivity contribution in [3.63, 3.8) is 0 Å². The van der Waals surface area contributed by atoms with Crippen LogP contribution in [0, 0.1) is 0 Å². The van der Waals surface area contributed by atoms with Crippen molar-refractivity contribution in [3.05, 3.63) is 53.6 Å². The lowest BCUT2D eigenvalue weighted by atomic mass is 10.1. The van der Waals surface area contributed by atoms with Crippen LogP contribution in [0.3, 0.4) is 0 Å². The van der Waals surface area contributed by atoms with Gasteiger partial charge in [0.2, 0.25) is 0 Å². The second-order valence-electron chi connectivity index (χ2n) is 4.31. The van der Waals surface area contributed by atoms with Gasteiger partial charge in [0.05, 0.1) is 11.3 Å². The Morgan fingerprint density at radius 2 is 1.86 bits per heavy atom. The first-order valence-corrected chi connectivity index (χ1v) is 5.84. The average molecular weight is 296 g/mol. The van der Waals surface area contributed by atoms with Gasteiger partial charge in [0.1, 0.15) is 5.75 Å². The van der Waals surface area contributed by atoms with Gasteiger partial charge in [-0.05, 0) is 36.4 Å². The first kappa shape index (κ1) is 14.7. The van der Waals surface area contributed by atoms with Crippen LogP contribution in [0.25, 0.3) is 0 Å². The zero-order chi connectivity index (χ0) is 15.6. The maximum atomic E-state index is 12.6. The van der Waals surface area contributed by atoms with Crippen LogP contribution in [-0.2, 0) is 6.18 Å². The van der Waals surface area contributed by atoms with Gasteiger partial charge in [-0.2, -0.15) is 13.2 Å². The molecule has 0 unspecified atom stereocenters. The average Bonchev–Trinajstić information content (AvgIpc) is 2.41. The highest BCUT2D eigenvalue weighted by atomic mass is 19.4. The highest BCUT2D eigenvalue weighted by Crippen LogP contribution is 2.30. The zero-order valence-electron chi connectivity index (χ0n) is 10.6. The maximum Gasteiger partial charge on any atom is 0.416 e. The molecule has 0 saturated heterocycles. The quantitative estimate of drug-likeness (QED) is 0.588. The number of nitrogen functional groups attached to an aromatic ring is 1. The van der Waals surface area contributed by atoms with Crippen molar-refractivity contribution in [1.29, 1.82) is 0 Å². The molecule has 4 N–H and O–H groups in total. The molecule has 0 spiro atoms. The van der Waals surface area contributed by atoms with Gasteiger partial charge in [-0.25, -0.2) is 0 Å². The minimum atomic E-state index is -4.49. The number of hydrogen-bond acceptors (Lipinski definition) is 3. The van der Waals surface area contributed by atoms with E-state index in [2.05, 4.69) is 5.32 Å². The van der Waals surface area contributed by atoms with Crippen molar-refractivity contribution in [2.24, 2.45) is 0 Å². The summed E-state index contributed by atoms with van der Waals surface area (Å²) in [6.45, 7) is 0. The Morgan fingerprint density at radius 3 is 2.48 bits per heavy atom. The van der Waals surface area contributed by atoms with Crippen molar-refractivity contribution in [3.8, 4) is 5.75 Å². The molecule has 0 saturated carbocycles. The highest BCUT2D eigenvalue weighted by molar-refractivity contribution is 6.04. The van der Waals surface area contributed by atoms with Crippen molar-refractivity contribution in [1.82, 2.24) is 0 Å². The van der Waals surface area contributed by atoms with Crippen molar-refractivity contribution in [2.45, 2.75) is 6.18 Å². The summed E-state index contributed by atoms with van der Waals surface area (Å²) in [7, 11) is 0. The molecule has 7 heteroatoms. The van der Waals surface area contributed by atoms with E-state index in [-0.39, 0.29) is 22.7 Å². The molecule has 21 heavy (non-hydrogen) atoms. The molecule has 2 aromatic carbocycles. The Labute approximate surface area is 118 Å². The van der Waals surface area contributed by atoms with Gasteiger partial charge in [0.25, 0.3) is 5.91 Å². The number of anilines is 2. The van der Waals surface area contributed by atoms with Gasteiger partial charge in [-0.3, -0.25) is 4.79 Å². The van der Waals surface area contributed by atoms with Gasteiger partial charge < -0.3 is 16.2 Å². The van der Waals surface area contributed by atoms with Gasteiger partial charge in [0.15, 0.2) is 0 Å². The number of rotatable bonds is 2. The molecule has 4 nitrogen and oxygen atoms in total. The number of alkyl halides is 3. The number of nitrogens with one attached hydrogen (secondary N) is 1. The summed E-state index contributed by atoms with van der Waals surface area (Å²) in [6, 6.07) is 8.09. The molecule has 0 heterocycles. The molecule has 2 aromatic rings. The Morgan fingerprint density at radius 1 is 1.14 bits per heavy atom. The molecule has 0 aliphatic rings. The van der Waals surface area contributed by atoms with Crippen LogP contribution < -0.4 is 11.1 Å². The molecule has 0 aliphatic carbocycles. The molecular formula is C14H11F3N2O2. The molecule has 2 rings (SSSR count). The number of nitrogens with two attached hydrogens (primary N) is 1. The van der Waals surface area contributed by atoms with E-state index in [1.54, 1.807) is 0 Å². The topological polar surface area (TPSA) is 75.4 Å². The third-order valence-corrected chi connectivity index (χ3v) is 2.74. The number of hydrogen-bond donors (Lipinski definition) is 3. The minimum Gasteiger partial charge on any atom is -0.506 e. The first-order chi connectivity index (χ1) is 9.77. The van der Waals surface area contributed by atoms with Crippen LogP contribution in [0.1, 0.15) is 15.9 Å². The fourth-order valence-corrected chi connectivity index (χ4v) is 1.66. The number of carbonyl (C=O) groups is 1. The smallest absolute Gasteiger partial charge is 0.416 e. The third kappa shape index (κ3) is 3.44. The summed E-state index contributed by atoms with van der Waals surface area (Å²) in [5.74, 6) is -0.920. The third-order valence-electron chi connectivity index (χ3n) is 2.74. The summed E-state index contributed by atoms with van der Waals surface area (Å²) in [6.07, 6.45) is -4.49. The summed E-state index contributed by atoms with van der Waals surface area (Å²) in [5.41, 5.74) is 4.73. The molecule has 0 aliphatic heterocycles. The lowest BCUT2D eigenvalue weighted by Gasteiger charge is -2.10. The van der Waals surface area contributed by atoms with Crippen LogP contribution in [-0.4, -0.2) is 11.0 Å². The van der Waals surface area contributed by atoms with Crippen LogP contribution >= 0.6 is 0 Å².